The van der Waals surface area contributed by atoms with Crippen LogP contribution in [0.5, 0.6) is 0 Å². The zero-order valence-corrected chi connectivity index (χ0v) is 19.7. The Bertz CT molecular complexity index is 990. The van der Waals surface area contributed by atoms with E-state index in [0.717, 1.165) is 26.2 Å². The summed E-state index contributed by atoms with van der Waals surface area (Å²) in [6.07, 6.45) is 1.63. The number of hydrogen-bond donors (Lipinski definition) is 1. The number of benzene rings is 2. The van der Waals surface area contributed by atoms with Crippen molar-refractivity contribution < 1.29 is 19.0 Å². The van der Waals surface area contributed by atoms with Gasteiger partial charge >= 0.3 is 0 Å². The molecule has 5 rings (SSSR count). The summed E-state index contributed by atoms with van der Waals surface area (Å²) in [5.41, 5.74) is 0.247. The predicted octanol–water partition coefficient (Wildman–Crippen LogP) is 2.66. The molecule has 7 heteroatoms. The third-order valence-electron chi connectivity index (χ3n) is 7.76. The van der Waals surface area contributed by atoms with Crippen molar-refractivity contribution in [3.8, 4) is 0 Å². The number of ether oxygens (including phenoxy) is 1. The average molecular weight is 468 g/mol. The van der Waals surface area contributed by atoms with Crippen molar-refractivity contribution in [1.82, 2.24) is 9.80 Å². The molecule has 3 heterocycles. The van der Waals surface area contributed by atoms with E-state index in [2.05, 4.69) is 34.1 Å². The second-order valence-corrected chi connectivity index (χ2v) is 10.0. The molecule has 0 radical (unpaired) electrons. The van der Waals surface area contributed by atoms with Gasteiger partial charge in [0, 0.05) is 58.2 Å². The number of carbonyl (C=O) groups excluding carboxylic acids is 1. The molecule has 0 bridgehead atoms. The van der Waals surface area contributed by atoms with Crippen LogP contribution in [-0.2, 0) is 14.9 Å². The number of halogens is 1. The van der Waals surface area contributed by atoms with Gasteiger partial charge in [-0.05, 0) is 49.1 Å². The maximum absolute atomic E-state index is 14.0. The van der Waals surface area contributed by atoms with Crippen LogP contribution in [0.4, 0.5) is 10.1 Å². The first kappa shape index (κ1) is 23.3. The summed E-state index contributed by atoms with van der Waals surface area (Å²) in [6, 6.07) is 16.8. The monoisotopic (exact) mass is 467 g/mol. The van der Waals surface area contributed by atoms with Crippen LogP contribution in [0.1, 0.15) is 24.8 Å². The summed E-state index contributed by atoms with van der Waals surface area (Å²) < 4.78 is 19.6. The Labute approximate surface area is 200 Å². The normalized spacial score (nSPS) is 25.5. The minimum absolute atomic E-state index is 0.00813. The summed E-state index contributed by atoms with van der Waals surface area (Å²) in [7, 11) is 0. The van der Waals surface area contributed by atoms with Gasteiger partial charge in [-0.3, -0.25) is 9.69 Å². The van der Waals surface area contributed by atoms with Crippen LogP contribution in [0.2, 0.25) is 0 Å². The molecule has 2 aromatic rings. The number of aliphatic hydroxyl groups is 1. The Kier molecular flexibility index (Phi) is 6.60. The number of likely N-dealkylation sites (tertiary alicyclic amines) is 1. The van der Waals surface area contributed by atoms with Crippen molar-refractivity contribution in [3.05, 3.63) is 66.0 Å². The molecule has 0 aromatic heterocycles. The van der Waals surface area contributed by atoms with Crippen LogP contribution < -0.4 is 4.90 Å². The van der Waals surface area contributed by atoms with Crippen LogP contribution in [0.3, 0.4) is 0 Å². The maximum atomic E-state index is 14.0. The van der Waals surface area contributed by atoms with Gasteiger partial charge in [0.05, 0.1) is 17.6 Å². The highest BCUT2D eigenvalue weighted by molar-refractivity contribution is 5.88. The maximum Gasteiger partial charge on any atom is 0.233 e. The zero-order chi connectivity index (χ0) is 23.6. The molecule has 0 unspecified atom stereocenters. The lowest BCUT2D eigenvalue weighted by molar-refractivity contribution is -0.141. The van der Waals surface area contributed by atoms with Crippen LogP contribution in [0.15, 0.2) is 54.6 Å². The van der Waals surface area contributed by atoms with Gasteiger partial charge in [0.1, 0.15) is 5.82 Å². The van der Waals surface area contributed by atoms with E-state index >= 15 is 0 Å². The minimum atomic E-state index is -0.918. The molecule has 3 aliphatic heterocycles. The molecule has 3 fully saturated rings. The van der Waals surface area contributed by atoms with Gasteiger partial charge in [-0.15, -0.1) is 0 Å². The molecule has 1 amide bonds. The first-order valence-electron chi connectivity index (χ1n) is 12.4. The Morgan fingerprint density at radius 2 is 1.68 bits per heavy atom. The Morgan fingerprint density at radius 1 is 0.941 bits per heavy atom. The van der Waals surface area contributed by atoms with E-state index < -0.39 is 11.0 Å². The SMILES string of the molecule is O=C(N1CC[C@](O)(CN2CCN(c3ccccc3)CC2)C1)C1(c2cccc(F)c2)CCOCC1. The third kappa shape index (κ3) is 4.69. The smallest absolute Gasteiger partial charge is 0.233 e. The lowest BCUT2D eigenvalue weighted by Crippen LogP contribution is -2.54. The number of nitrogens with zero attached hydrogens (tertiary/aromatic N) is 3. The van der Waals surface area contributed by atoms with E-state index in [4.69, 9.17) is 4.74 Å². The van der Waals surface area contributed by atoms with E-state index in [9.17, 15) is 14.3 Å². The van der Waals surface area contributed by atoms with E-state index in [1.165, 1.54) is 17.8 Å². The second kappa shape index (κ2) is 9.64. The molecule has 1 atom stereocenters. The standard InChI is InChI=1S/C27H34FN3O3/c28-23-6-4-5-22(19-23)27(10-17-34-18-11-27)25(32)31-12-9-26(33,21-31)20-29-13-15-30(16-14-29)24-7-2-1-3-8-24/h1-8,19,33H,9-18,20-21H2/t26-/m0/s1. The first-order chi connectivity index (χ1) is 16.5. The van der Waals surface area contributed by atoms with Crippen LogP contribution in [0.25, 0.3) is 0 Å². The molecule has 6 nitrogen and oxygen atoms in total. The number of amides is 1. The molecule has 2 aromatic carbocycles. The molecule has 0 saturated carbocycles. The van der Waals surface area contributed by atoms with Crippen LogP contribution in [0, 0.1) is 5.82 Å². The molecular weight excluding hydrogens is 433 g/mol. The predicted molar refractivity (Wildman–Crippen MR) is 129 cm³/mol. The summed E-state index contributed by atoms with van der Waals surface area (Å²) >= 11 is 0. The summed E-state index contributed by atoms with van der Waals surface area (Å²) in [5.74, 6) is -0.338. The van der Waals surface area contributed by atoms with Crippen molar-refractivity contribution in [2.24, 2.45) is 0 Å². The fraction of sp³-hybridized carbons (Fsp3) is 0.519. The van der Waals surface area contributed by atoms with Crippen molar-refractivity contribution in [1.29, 1.82) is 0 Å². The third-order valence-corrected chi connectivity index (χ3v) is 7.76. The van der Waals surface area contributed by atoms with Crippen molar-refractivity contribution in [2.75, 3.05) is 63.9 Å². The highest BCUT2D eigenvalue weighted by Crippen LogP contribution is 2.39. The highest BCUT2D eigenvalue weighted by Gasteiger charge is 2.48. The Hall–Kier alpha value is -2.48. The van der Waals surface area contributed by atoms with Gasteiger partial charge in [0.2, 0.25) is 5.91 Å². The van der Waals surface area contributed by atoms with E-state index in [-0.39, 0.29) is 11.7 Å². The highest BCUT2D eigenvalue weighted by atomic mass is 19.1. The lowest BCUT2D eigenvalue weighted by atomic mass is 9.73. The van der Waals surface area contributed by atoms with Crippen molar-refractivity contribution in [2.45, 2.75) is 30.3 Å². The molecule has 0 spiro atoms. The van der Waals surface area contributed by atoms with E-state index in [0.29, 0.717) is 57.7 Å². The van der Waals surface area contributed by atoms with Gasteiger partial charge in [0.15, 0.2) is 0 Å². The molecule has 3 aliphatic rings. The van der Waals surface area contributed by atoms with Gasteiger partial charge in [0.25, 0.3) is 0 Å². The molecule has 0 aliphatic carbocycles. The minimum Gasteiger partial charge on any atom is -0.387 e. The summed E-state index contributed by atoms with van der Waals surface area (Å²) in [6.45, 7) is 5.98. The number of β-amino-alcohol motifs (C(OH)–C–C–N with tert-alkyl or cyclic N) is 1. The number of carbonyl (C=O) groups is 1. The first-order valence-corrected chi connectivity index (χ1v) is 12.4. The van der Waals surface area contributed by atoms with Gasteiger partial charge in [-0.2, -0.15) is 0 Å². The van der Waals surface area contributed by atoms with Gasteiger partial charge in [-0.25, -0.2) is 4.39 Å². The molecule has 3 saturated heterocycles. The molecule has 1 N–H and O–H groups in total. The van der Waals surface area contributed by atoms with Crippen LogP contribution >= 0.6 is 0 Å². The van der Waals surface area contributed by atoms with Crippen molar-refractivity contribution in [3.63, 3.8) is 0 Å². The number of para-hydroxylation sites is 1. The fourth-order valence-corrected chi connectivity index (χ4v) is 5.81. The second-order valence-electron chi connectivity index (χ2n) is 10.0. The topological polar surface area (TPSA) is 56.3 Å². The summed E-state index contributed by atoms with van der Waals surface area (Å²) in [5, 5.41) is 11.4. The molecular formula is C27H34FN3O3. The van der Waals surface area contributed by atoms with Gasteiger partial charge in [-0.1, -0.05) is 30.3 Å². The number of hydrogen-bond acceptors (Lipinski definition) is 5. The van der Waals surface area contributed by atoms with E-state index in [1.807, 2.05) is 12.1 Å². The van der Waals surface area contributed by atoms with E-state index in [1.54, 1.807) is 11.0 Å². The van der Waals surface area contributed by atoms with Crippen LogP contribution in [-0.4, -0.2) is 85.4 Å². The number of rotatable bonds is 5. The Morgan fingerprint density at radius 3 is 2.38 bits per heavy atom. The number of anilines is 1. The molecule has 182 valence electrons. The van der Waals surface area contributed by atoms with Crippen molar-refractivity contribution >= 4 is 11.6 Å². The quantitative estimate of drug-likeness (QED) is 0.733. The Balaban J connectivity index is 1.23. The average Bonchev–Trinajstić information content (AvgIpc) is 3.26. The lowest BCUT2D eigenvalue weighted by Gasteiger charge is -2.40. The summed E-state index contributed by atoms with van der Waals surface area (Å²) in [4.78, 5) is 20.3. The van der Waals surface area contributed by atoms with Gasteiger partial charge < -0.3 is 19.6 Å². The zero-order valence-electron chi connectivity index (χ0n) is 19.7. The molecule has 34 heavy (non-hydrogen) atoms. The largest absolute Gasteiger partial charge is 0.387 e. The fourth-order valence-electron chi connectivity index (χ4n) is 5.81. The number of piperazine rings is 1.